The van der Waals surface area contributed by atoms with E-state index < -0.39 is 0 Å². The highest BCUT2D eigenvalue weighted by molar-refractivity contribution is 6.05. The predicted octanol–water partition coefficient (Wildman–Crippen LogP) is 30.3. The Morgan fingerprint density at radius 1 is 0.127 bits per heavy atom. The van der Waals surface area contributed by atoms with Crippen molar-refractivity contribution in [3.05, 3.63) is 471 Å². The fourth-order valence-electron chi connectivity index (χ4n) is 14.2. The quantitative estimate of drug-likeness (QED) is 0.101. The topological polar surface area (TPSA) is 13.0 Å². The van der Waals surface area contributed by atoms with E-state index in [1.54, 1.807) is 0 Å². The average molecular weight is 1420 g/mol. The van der Waals surface area contributed by atoms with E-state index in [1.165, 1.54) is 116 Å². The second-order valence-corrected chi connectivity index (χ2v) is 27.6. The van der Waals surface area contributed by atoms with Crippen molar-refractivity contribution in [3.63, 3.8) is 0 Å². The molecule has 18 rings (SSSR count). The van der Waals surface area contributed by atoms with Crippen molar-refractivity contribution >= 4 is 101 Å². The number of para-hydroxylation sites is 2. The van der Waals surface area contributed by atoms with Gasteiger partial charge in [-0.3, -0.25) is 0 Å². The normalized spacial score (nSPS) is 10.7. The molecule has 0 atom stereocenters. The standard InChI is InChI=1S/C31H25N.C27H21N.C25H21N.C23H19N/c1-24-12-18-29(19-13-24)32(30-20-14-27(15-21-30)25-8-4-2-5-9-25)31-22-16-28(17-23-31)26-10-6-3-7-11-26;1-20-16-18-23(19-17-20)28(26-14-6-10-21-8-2-4-12-24(21)26)27-15-7-11-22-9-3-5-13-25(22)27;1-20-12-16-24(17-13-20)26(23-10-6-3-7-11-23)25-18-14-22(15-19-25)21-8-4-2-5-9-21;1-18-14-16-21(17-15-18)24(20-10-3-2-4-11-20)23-13-7-9-19-8-5-6-12-22(19)23/h2-23H,1H3;2-19H,1H3;2-19H,1H3;2-17H,1H3. The number of hydrogen-bond donors (Lipinski definition) is 0. The predicted molar refractivity (Wildman–Crippen MR) is 472 cm³/mol. The van der Waals surface area contributed by atoms with Crippen LogP contribution in [0.4, 0.5) is 68.2 Å². The second-order valence-electron chi connectivity index (χ2n) is 27.6. The highest BCUT2D eigenvalue weighted by atomic mass is 15.2. The minimum absolute atomic E-state index is 1.14. The monoisotopic (exact) mass is 1410 g/mol. The first-order valence-corrected chi connectivity index (χ1v) is 37.7. The molecule has 0 heterocycles. The van der Waals surface area contributed by atoms with Gasteiger partial charge in [0.15, 0.2) is 0 Å². The number of aryl methyl sites for hydroxylation is 4. The molecule has 0 saturated carbocycles. The molecule has 0 spiro atoms. The van der Waals surface area contributed by atoms with Crippen LogP contribution < -0.4 is 19.6 Å². The van der Waals surface area contributed by atoms with Crippen molar-refractivity contribution in [1.82, 2.24) is 0 Å². The number of fused-ring (bicyclic) bond motifs is 3. The molecule has 0 amide bonds. The van der Waals surface area contributed by atoms with Gasteiger partial charge in [-0.25, -0.2) is 0 Å². The number of hydrogen-bond acceptors (Lipinski definition) is 4. The largest absolute Gasteiger partial charge is 0.311 e. The lowest BCUT2D eigenvalue weighted by atomic mass is 10.0. The summed E-state index contributed by atoms with van der Waals surface area (Å²) in [5.41, 5.74) is 26.4. The summed E-state index contributed by atoms with van der Waals surface area (Å²) in [6.45, 7) is 8.49. The summed E-state index contributed by atoms with van der Waals surface area (Å²) in [7, 11) is 0. The van der Waals surface area contributed by atoms with Gasteiger partial charge >= 0.3 is 0 Å². The van der Waals surface area contributed by atoms with Crippen LogP contribution in [0.15, 0.2) is 449 Å². The van der Waals surface area contributed by atoms with E-state index in [0.717, 1.165) is 39.8 Å². The first kappa shape index (κ1) is 71.5. The van der Waals surface area contributed by atoms with Crippen molar-refractivity contribution in [2.45, 2.75) is 27.7 Å². The van der Waals surface area contributed by atoms with Crippen molar-refractivity contribution < 1.29 is 0 Å². The van der Waals surface area contributed by atoms with Crippen LogP contribution in [0.5, 0.6) is 0 Å². The Balaban J connectivity index is 0.000000117. The molecule has 0 radical (unpaired) electrons. The maximum absolute atomic E-state index is 2.38. The smallest absolute Gasteiger partial charge is 0.0540 e. The third-order valence-corrected chi connectivity index (χ3v) is 19.9. The number of nitrogens with zero attached hydrogens (tertiary/aromatic N) is 4. The molecular formula is C106H86N4. The first-order valence-electron chi connectivity index (χ1n) is 37.7. The van der Waals surface area contributed by atoms with E-state index in [1.807, 2.05) is 6.07 Å². The second kappa shape index (κ2) is 34.5. The molecule has 0 saturated heterocycles. The molecule has 0 N–H and O–H groups in total. The minimum Gasteiger partial charge on any atom is -0.311 e. The summed E-state index contributed by atoms with van der Waals surface area (Å²) >= 11 is 0. The summed E-state index contributed by atoms with van der Waals surface area (Å²) in [5, 5.41) is 7.50. The van der Waals surface area contributed by atoms with E-state index in [4.69, 9.17) is 0 Å². The summed E-state index contributed by atoms with van der Waals surface area (Å²) in [5.74, 6) is 0. The van der Waals surface area contributed by atoms with Crippen molar-refractivity contribution in [3.8, 4) is 33.4 Å². The van der Waals surface area contributed by atoms with Gasteiger partial charge in [-0.05, 0) is 205 Å². The van der Waals surface area contributed by atoms with E-state index >= 15 is 0 Å². The van der Waals surface area contributed by atoms with E-state index in [9.17, 15) is 0 Å². The van der Waals surface area contributed by atoms with Gasteiger partial charge in [0.1, 0.15) is 0 Å². The fraction of sp³-hybridized carbons (Fsp3) is 0.0377. The van der Waals surface area contributed by atoms with Crippen LogP contribution in [0.25, 0.3) is 65.7 Å². The molecule has 0 fully saturated rings. The number of anilines is 12. The fourth-order valence-corrected chi connectivity index (χ4v) is 14.2. The van der Waals surface area contributed by atoms with Crippen LogP contribution >= 0.6 is 0 Å². The lowest BCUT2D eigenvalue weighted by Crippen LogP contribution is -2.11. The van der Waals surface area contributed by atoms with Gasteiger partial charge in [0, 0.05) is 67.3 Å². The molecule has 0 aliphatic rings. The molecule has 0 aliphatic heterocycles. The zero-order valence-electron chi connectivity index (χ0n) is 62.5. The van der Waals surface area contributed by atoms with Gasteiger partial charge in [0.05, 0.1) is 17.1 Å². The summed E-state index contributed by atoms with van der Waals surface area (Å²) in [4.78, 5) is 9.29. The number of benzene rings is 18. The van der Waals surface area contributed by atoms with Gasteiger partial charge in [-0.15, -0.1) is 0 Å². The lowest BCUT2D eigenvalue weighted by Gasteiger charge is -2.28. The van der Waals surface area contributed by atoms with Crippen LogP contribution in [0, 0.1) is 27.7 Å². The third-order valence-electron chi connectivity index (χ3n) is 19.9. The molecule has 18 aromatic rings. The molecule has 4 nitrogen and oxygen atoms in total. The molecule has 110 heavy (non-hydrogen) atoms. The molecule has 0 bridgehead atoms. The summed E-state index contributed by atoms with van der Waals surface area (Å²) in [6.07, 6.45) is 0. The van der Waals surface area contributed by atoms with E-state index in [-0.39, 0.29) is 0 Å². The number of rotatable bonds is 15. The SMILES string of the molecule is Cc1ccc(N(c2ccc(-c3ccccc3)cc2)c2ccc(-c3ccccc3)cc2)cc1.Cc1ccc(N(c2cccc3ccccc23)c2cccc3ccccc23)cc1.Cc1ccc(N(c2ccccc2)c2ccc(-c3ccccc3)cc2)cc1.Cc1ccc(N(c2ccccc2)c2cccc3ccccc23)cc1. The van der Waals surface area contributed by atoms with Crippen molar-refractivity contribution in [2.24, 2.45) is 0 Å². The van der Waals surface area contributed by atoms with E-state index in [2.05, 4.69) is 490 Å². The highest BCUT2D eigenvalue weighted by Gasteiger charge is 2.20. The Kier molecular flexibility index (Phi) is 22.4. The Morgan fingerprint density at radius 2 is 0.309 bits per heavy atom. The zero-order valence-corrected chi connectivity index (χ0v) is 62.5. The summed E-state index contributed by atoms with van der Waals surface area (Å²) < 4.78 is 0. The summed E-state index contributed by atoms with van der Waals surface area (Å²) in [6, 6.07) is 159. The molecule has 0 aromatic heterocycles. The van der Waals surface area contributed by atoms with Gasteiger partial charge in [-0.2, -0.15) is 0 Å². The van der Waals surface area contributed by atoms with Gasteiger partial charge < -0.3 is 19.6 Å². The van der Waals surface area contributed by atoms with Crippen molar-refractivity contribution in [1.29, 1.82) is 0 Å². The highest BCUT2D eigenvalue weighted by Crippen LogP contribution is 2.44. The van der Waals surface area contributed by atoms with Crippen LogP contribution in [0.1, 0.15) is 22.3 Å². The Morgan fingerprint density at radius 3 is 0.591 bits per heavy atom. The molecule has 530 valence electrons. The lowest BCUT2D eigenvalue weighted by molar-refractivity contribution is 1.27. The Bertz CT molecular complexity index is 5760. The van der Waals surface area contributed by atoms with Crippen LogP contribution in [0.2, 0.25) is 0 Å². The molecule has 18 aromatic carbocycles. The molecule has 0 unspecified atom stereocenters. The molecule has 0 aliphatic carbocycles. The average Bonchev–Trinajstić information content (AvgIpc) is 0.758. The maximum atomic E-state index is 2.38. The zero-order chi connectivity index (χ0) is 74.8. The van der Waals surface area contributed by atoms with Crippen LogP contribution in [-0.4, -0.2) is 0 Å². The third kappa shape index (κ3) is 16.9. The van der Waals surface area contributed by atoms with Gasteiger partial charge in [0.25, 0.3) is 0 Å². The van der Waals surface area contributed by atoms with Gasteiger partial charge in [-0.1, -0.05) is 344 Å². The first-order chi connectivity index (χ1) is 54.2. The van der Waals surface area contributed by atoms with Crippen LogP contribution in [0.3, 0.4) is 0 Å². The maximum Gasteiger partial charge on any atom is 0.0540 e. The Labute approximate surface area is 648 Å². The van der Waals surface area contributed by atoms with Crippen LogP contribution in [-0.2, 0) is 0 Å². The minimum atomic E-state index is 1.14. The molecular weight excluding hydrogens is 1330 g/mol. The van der Waals surface area contributed by atoms with E-state index in [0.29, 0.717) is 0 Å². The van der Waals surface area contributed by atoms with Crippen molar-refractivity contribution in [2.75, 3.05) is 19.6 Å². The Hall–Kier alpha value is -14.1. The van der Waals surface area contributed by atoms with Gasteiger partial charge in [0.2, 0.25) is 0 Å². The molecule has 4 heteroatoms.